The molecule has 2 aromatic heterocycles. The molecule has 35 heavy (non-hydrogen) atoms. The van der Waals surface area contributed by atoms with Gasteiger partial charge in [0, 0.05) is 29.2 Å². The van der Waals surface area contributed by atoms with Crippen LogP contribution in [0.25, 0.3) is 39.6 Å². The molecule has 5 rings (SSSR count). The van der Waals surface area contributed by atoms with Crippen LogP contribution in [0.2, 0.25) is 0 Å². The molecule has 0 radical (unpaired) electrons. The van der Waals surface area contributed by atoms with Crippen LogP contribution in [0.15, 0.2) is 97.3 Å². The summed E-state index contributed by atoms with van der Waals surface area (Å²) in [5.74, 6) is 2.63. The highest BCUT2D eigenvalue weighted by atomic mass is 15.3. The second kappa shape index (κ2) is 9.67. The van der Waals surface area contributed by atoms with Crippen LogP contribution in [0.4, 0.5) is 0 Å². The highest BCUT2D eigenvalue weighted by molar-refractivity contribution is 5.69. The van der Waals surface area contributed by atoms with Gasteiger partial charge in [-0.1, -0.05) is 94.4 Å². The van der Waals surface area contributed by atoms with E-state index in [1.807, 2.05) is 12.3 Å². The van der Waals surface area contributed by atoms with Crippen molar-refractivity contribution in [2.24, 2.45) is 0 Å². The maximum Gasteiger partial charge on any atom is 0.168 e. The van der Waals surface area contributed by atoms with Crippen molar-refractivity contribution in [3.63, 3.8) is 0 Å². The lowest BCUT2D eigenvalue weighted by Gasteiger charge is -2.13. The third kappa shape index (κ3) is 4.65. The lowest BCUT2D eigenvalue weighted by atomic mass is 10.0. The average Bonchev–Trinajstić information content (AvgIpc) is 3.34. The Hall–Kier alpha value is -4.05. The maximum atomic E-state index is 4.65. The molecule has 0 saturated carbocycles. The molecule has 0 fully saturated rings. The normalized spacial score (nSPS) is 11.4. The molecular formula is C31H30N4. The first kappa shape index (κ1) is 22.7. The molecule has 0 aliphatic rings. The minimum Gasteiger partial charge on any atom is -0.275 e. The SMILES string of the molecule is CC(C)c1ccc(-c2nnc(-c3ccc(C(C)C)cc3)n2-c2ccc(-c3cccnc3)cc2)cc1. The quantitative estimate of drug-likeness (QED) is 0.260. The fourth-order valence-electron chi connectivity index (χ4n) is 4.27. The molecule has 0 unspecified atom stereocenters. The summed E-state index contributed by atoms with van der Waals surface area (Å²) in [4.78, 5) is 4.25. The number of hydrogen-bond donors (Lipinski definition) is 0. The summed E-state index contributed by atoms with van der Waals surface area (Å²) in [6.45, 7) is 8.83. The first-order valence-corrected chi connectivity index (χ1v) is 12.2. The van der Waals surface area contributed by atoms with Crippen molar-refractivity contribution in [2.45, 2.75) is 39.5 Å². The van der Waals surface area contributed by atoms with Crippen molar-refractivity contribution >= 4 is 0 Å². The van der Waals surface area contributed by atoms with Gasteiger partial charge in [-0.2, -0.15) is 0 Å². The van der Waals surface area contributed by atoms with Crippen LogP contribution in [0.5, 0.6) is 0 Å². The zero-order chi connectivity index (χ0) is 24.4. The molecule has 0 spiro atoms. The summed E-state index contributed by atoms with van der Waals surface area (Å²) in [5.41, 5.74) is 7.95. The monoisotopic (exact) mass is 458 g/mol. The van der Waals surface area contributed by atoms with Gasteiger partial charge in [0.1, 0.15) is 0 Å². The summed E-state index contributed by atoms with van der Waals surface area (Å²) in [6.07, 6.45) is 3.68. The van der Waals surface area contributed by atoms with Gasteiger partial charge in [0.15, 0.2) is 11.6 Å². The Bertz CT molecular complexity index is 1330. The zero-order valence-corrected chi connectivity index (χ0v) is 20.7. The van der Waals surface area contributed by atoms with Crippen LogP contribution in [-0.4, -0.2) is 19.7 Å². The highest BCUT2D eigenvalue weighted by Gasteiger charge is 2.18. The van der Waals surface area contributed by atoms with Crippen LogP contribution >= 0.6 is 0 Å². The fraction of sp³-hybridized carbons (Fsp3) is 0.194. The molecular weight excluding hydrogens is 428 g/mol. The first-order valence-electron chi connectivity index (χ1n) is 12.2. The molecule has 5 aromatic rings. The smallest absolute Gasteiger partial charge is 0.168 e. The van der Waals surface area contributed by atoms with Gasteiger partial charge in [0.25, 0.3) is 0 Å². The van der Waals surface area contributed by atoms with E-state index >= 15 is 0 Å². The maximum absolute atomic E-state index is 4.65. The third-order valence-corrected chi connectivity index (χ3v) is 6.45. The average molecular weight is 459 g/mol. The van der Waals surface area contributed by atoms with E-state index in [1.165, 1.54) is 11.1 Å². The van der Waals surface area contributed by atoms with Crippen molar-refractivity contribution in [2.75, 3.05) is 0 Å². The standard InChI is InChI=1S/C31H30N4/c1-21(2)23-7-11-26(12-8-23)30-33-34-31(27-13-9-24(10-14-27)22(3)4)35(30)29-17-15-25(16-18-29)28-6-5-19-32-20-28/h5-22H,1-4H3. The molecule has 2 heterocycles. The van der Waals surface area contributed by atoms with Gasteiger partial charge in [-0.05, 0) is 52.3 Å². The molecule has 174 valence electrons. The molecule has 0 amide bonds. The Morgan fingerprint density at radius 3 is 1.46 bits per heavy atom. The van der Waals surface area contributed by atoms with E-state index in [9.17, 15) is 0 Å². The molecule has 0 bridgehead atoms. The van der Waals surface area contributed by atoms with E-state index in [2.05, 4.69) is 126 Å². The second-order valence-electron chi connectivity index (χ2n) is 9.52. The van der Waals surface area contributed by atoms with E-state index in [0.717, 1.165) is 39.6 Å². The number of pyridine rings is 1. The highest BCUT2D eigenvalue weighted by Crippen LogP contribution is 2.31. The van der Waals surface area contributed by atoms with Crippen molar-refractivity contribution in [3.8, 4) is 39.6 Å². The topological polar surface area (TPSA) is 43.6 Å². The third-order valence-electron chi connectivity index (χ3n) is 6.45. The Balaban J connectivity index is 1.62. The van der Waals surface area contributed by atoms with E-state index in [-0.39, 0.29) is 0 Å². The molecule has 0 saturated heterocycles. The van der Waals surface area contributed by atoms with Crippen LogP contribution in [0.3, 0.4) is 0 Å². The van der Waals surface area contributed by atoms with Crippen molar-refractivity contribution in [3.05, 3.63) is 108 Å². The minimum atomic E-state index is 0.483. The zero-order valence-electron chi connectivity index (χ0n) is 20.7. The van der Waals surface area contributed by atoms with Crippen molar-refractivity contribution in [1.29, 1.82) is 0 Å². The number of rotatable bonds is 6. The van der Waals surface area contributed by atoms with E-state index in [4.69, 9.17) is 0 Å². The van der Waals surface area contributed by atoms with Crippen LogP contribution < -0.4 is 0 Å². The first-order chi connectivity index (χ1) is 17.0. The van der Waals surface area contributed by atoms with Gasteiger partial charge in [-0.25, -0.2) is 0 Å². The van der Waals surface area contributed by atoms with Gasteiger partial charge < -0.3 is 0 Å². The summed E-state index contributed by atoms with van der Waals surface area (Å²) in [7, 11) is 0. The lowest BCUT2D eigenvalue weighted by molar-refractivity contribution is 0.866. The van der Waals surface area contributed by atoms with Crippen molar-refractivity contribution < 1.29 is 0 Å². The van der Waals surface area contributed by atoms with Crippen LogP contribution in [-0.2, 0) is 0 Å². The van der Waals surface area contributed by atoms with Gasteiger partial charge in [0.2, 0.25) is 0 Å². The molecule has 4 nitrogen and oxygen atoms in total. The van der Waals surface area contributed by atoms with Crippen molar-refractivity contribution in [1.82, 2.24) is 19.7 Å². The Morgan fingerprint density at radius 1 is 0.543 bits per heavy atom. The molecule has 0 aliphatic carbocycles. The Morgan fingerprint density at radius 2 is 1.03 bits per heavy atom. The fourth-order valence-corrected chi connectivity index (χ4v) is 4.27. The largest absolute Gasteiger partial charge is 0.275 e. The number of nitrogens with zero attached hydrogens (tertiary/aromatic N) is 4. The summed E-state index contributed by atoms with van der Waals surface area (Å²) < 4.78 is 2.15. The van der Waals surface area contributed by atoms with E-state index < -0.39 is 0 Å². The van der Waals surface area contributed by atoms with E-state index in [0.29, 0.717) is 11.8 Å². The molecule has 0 atom stereocenters. The lowest BCUT2D eigenvalue weighted by Crippen LogP contribution is -2.01. The Labute approximate surface area is 207 Å². The molecule has 0 aliphatic heterocycles. The number of aromatic nitrogens is 4. The summed E-state index contributed by atoms with van der Waals surface area (Å²) in [6, 6.07) is 29.9. The number of benzene rings is 3. The van der Waals surface area contributed by atoms with E-state index in [1.54, 1.807) is 6.20 Å². The molecule has 0 N–H and O–H groups in total. The summed E-state index contributed by atoms with van der Waals surface area (Å²) >= 11 is 0. The van der Waals surface area contributed by atoms with Crippen LogP contribution in [0, 0.1) is 0 Å². The summed E-state index contributed by atoms with van der Waals surface area (Å²) in [5, 5.41) is 9.31. The minimum absolute atomic E-state index is 0.483. The second-order valence-corrected chi connectivity index (χ2v) is 9.52. The van der Waals surface area contributed by atoms with Gasteiger partial charge >= 0.3 is 0 Å². The molecule has 4 heteroatoms. The van der Waals surface area contributed by atoms with Gasteiger partial charge in [0.05, 0.1) is 0 Å². The van der Waals surface area contributed by atoms with Gasteiger partial charge in [-0.3, -0.25) is 9.55 Å². The molecule has 3 aromatic carbocycles. The Kier molecular flexibility index (Phi) is 6.28. The number of hydrogen-bond acceptors (Lipinski definition) is 3. The van der Waals surface area contributed by atoms with Crippen LogP contribution in [0.1, 0.15) is 50.7 Å². The predicted octanol–water partition coefficient (Wildman–Crippen LogP) is 7.91. The predicted molar refractivity (Wildman–Crippen MR) is 144 cm³/mol. The van der Waals surface area contributed by atoms with Gasteiger partial charge in [-0.15, -0.1) is 10.2 Å².